The standard InChI is InChI=1S/C17H27N5O3/c1-5-7-8-12(6-2)9-18-13(23)10-22-11-19-15-14(22)16(24)21(4)17(25)20(15)3/h11-12H,5-10H2,1-4H3,(H,18,23)/t12-/m1/s1. The number of aromatic nitrogens is 4. The van der Waals surface area contributed by atoms with E-state index in [1.54, 1.807) is 7.05 Å². The highest BCUT2D eigenvalue weighted by molar-refractivity contribution is 5.78. The van der Waals surface area contributed by atoms with Crippen LogP contribution in [0.5, 0.6) is 0 Å². The molecular formula is C17H27N5O3. The van der Waals surface area contributed by atoms with Gasteiger partial charge in [0, 0.05) is 20.6 Å². The normalized spacial score (nSPS) is 12.5. The van der Waals surface area contributed by atoms with Crippen molar-refractivity contribution in [2.45, 2.75) is 46.1 Å². The Bertz CT molecular complexity index is 862. The van der Waals surface area contributed by atoms with Crippen LogP contribution < -0.4 is 16.6 Å². The van der Waals surface area contributed by atoms with Crippen molar-refractivity contribution in [1.82, 2.24) is 24.0 Å². The molecule has 8 heteroatoms. The van der Waals surface area contributed by atoms with Gasteiger partial charge in [-0.25, -0.2) is 9.78 Å². The smallest absolute Gasteiger partial charge is 0.332 e. The molecule has 0 fully saturated rings. The van der Waals surface area contributed by atoms with Crippen LogP contribution in [0, 0.1) is 5.92 Å². The number of hydrogen-bond donors (Lipinski definition) is 1. The van der Waals surface area contributed by atoms with Crippen LogP contribution in [-0.4, -0.2) is 31.1 Å². The van der Waals surface area contributed by atoms with Gasteiger partial charge >= 0.3 is 5.69 Å². The van der Waals surface area contributed by atoms with Crippen LogP contribution in [0.1, 0.15) is 39.5 Å². The maximum absolute atomic E-state index is 12.4. The van der Waals surface area contributed by atoms with Crippen molar-refractivity contribution in [1.29, 1.82) is 0 Å². The second-order valence-corrected chi connectivity index (χ2v) is 6.47. The van der Waals surface area contributed by atoms with Crippen molar-refractivity contribution >= 4 is 17.1 Å². The highest BCUT2D eigenvalue weighted by Gasteiger charge is 2.16. The first-order valence-electron chi connectivity index (χ1n) is 8.78. The monoisotopic (exact) mass is 349 g/mol. The number of imidazole rings is 1. The van der Waals surface area contributed by atoms with Crippen LogP contribution in [0.3, 0.4) is 0 Å². The molecule has 1 N–H and O–H groups in total. The molecule has 138 valence electrons. The summed E-state index contributed by atoms with van der Waals surface area (Å²) in [5.41, 5.74) is -0.334. The summed E-state index contributed by atoms with van der Waals surface area (Å²) in [4.78, 5) is 40.7. The molecule has 2 aromatic heterocycles. The number of rotatable bonds is 8. The van der Waals surface area contributed by atoms with Crippen LogP contribution in [0.2, 0.25) is 0 Å². The van der Waals surface area contributed by atoms with Crippen LogP contribution in [0.15, 0.2) is 15.9 Å². The van der Waals surface area contributed by atoms with Gasteiger partial charge in [-0.2, -0.15) is 0 Å². The van der Waals surface area contributed by atoms with E-state index in [9.17, 15) is 14.4 Å². The van der Waals surface area contributed by atoms with Crippen molar-refractivity contribution in [2.75, 3.05) is 6.54 Å². The van der Waals surface area contributed by atoms with E-state index >= 15 is 0 Å². The molecule has 8 nitrogen and oxygen atoms in total. The summed E-state index contributed by atoms with van der Waals surface area (Å²) in [5, 5.41) is 2.94. The van der Waals surface area contributed by atoms with Crippen molar-refractivity contribution < 1.29 is 4.79 Å². The molecular weight excluding hydrogens is 322 g/mol. The van der Waals surface area contributed by atoms with E-state index in [2.05, 4.69) is 24.1 Å². The minimum atomic E-state index is -0.446. The van der Waals surface area contributed by atoms with Gasteiger partial charge in [-0.15, -0.1) is 0 Å². The predicted octanol–water partition coefficient (Wildman–Crippen LogP) is 0.766. The summed E-state index contributed by atoms with van der Waals surface area (Å²) in [5.74, 6) is 0.308. The fourth-order valence-electron chi connectivity index (χ4n) is 2.93. The zero-order chi connectivity index (χ0) is 18.6. The zero-order valence-corrected chi connectivity index (χ0v) is 15.4. The SMILES string of the molecule is CCCC[C@@H](CC)CNC(=O)Cn1cnc2c1c(=O)n(C)c(=O)n2C. The summed E-state index contributed by atoms with van der Waals surface area (Å²) in [6, 6.07) is 0. The summed E-state index contributed by atoms with van der Waals surface area (Å²) < 4.78 is 3.83. The van der Waals surface area contributed by atoms with Crippen molar-refractivity contribution in [3.05, 3.63) is 27.2 Å². The molecule has 0 saturated heterocycles. The number of carbonyl (C=O) groups excluding carboxylic acids is 1. The molecule has 2 aromatic rings. The first-order chi connectivity index (χ1) is 11.9. The van der Waals surface area contributed by atoms with E-state index in [1.165, 1.54) is 22.5 Å². The maximum Gasteiger partial charge on any atom is 0.332 e. The Morgan fingerprint density at radius 3 is 2.60 bits per heavy atom. The highest BCUT2D eigenvalue weighted by atomic mass is 16.2. The van der Waals surface area contributed by atoms with Crippen molar-refractivity contribution in [2.24, 2.45) is 20.0 Å². The third-order valence-electron chi connectivity index (χ3n) is 4.66. The fourth-order valence-corrected chi connectivity index (χ4v) is 2.93. The average molecular weight is 349 g/mol. The minimum Gasteiger partial charge on any atom is -0.354 e. The Labute approximate surface area is 146 Å². The largest absolute Gasteiger partial charge is 0.354 e. The molecule has 0 aliphatic carbocycles. The van der Waals surface area contributed by atoms with Gasteiger partial charge in [-0.3, -0.25) is 18.7 Å². The van der Waals surface area contributed by atoms with Gasteiger partial charge in [-0.1, -0.05) is 33.1 Å². The van der Waals surface area contributed by atoms with Gasteiger partial charge in [0.25, 0.3) is 5.56 Å². The number of nitrogens with zero attached hydrogens (tertiary/aromatic N) is 4. The highest BCUT2D eigenvalue weighted by Crippen LogP contribution is 2.11. The maximum atomic E-state index is 12.4. The molecule has 0 bridgehead atoms. The van der Waals surface area contributed by atoms with Gasteiger partial charge < -0.3 is 9.88 Å². The molecule has 2 rings (SSSR count). The number of carbonyl (C=O) groups is 1. The topological polar surface area (TPSA) is 90.9 Å². The molecule has 0 unspecified atom stereocenters. The Morgan fingerprint density at radius 1 is 1.24 bits per heavy atom. The van der Waals surface area contributed by atoms with Gasteiger partial charge in [0.15, 0.2) is 11.2 Å². The molecule has 0 aromatic carbocycles. The lowest BCUT2D eigenvalue weighted by Gasteiger charge is -2.15. The van der Waals surface area contributed by atoms with Crippen molar-refractivity contribution in [3.63, 3.8) is 0 Å². The minimum absolute atomic E-state index is 0.00809. The Morgan fingerprint density at radius 2 is 1.96 bits per heavy atom. The lowest BCUT2D eigenvalue weighted by Crippen LogP contribution is -2.38. The number of amides is 1. The second kappa shape index (κ2) is 8.13. The van der Waals surface area contributed by atoms with Crippen molar-refractivity contribution in [3.8, 4) is 0 Å². The van der Waals surface area contributed by atoms with Gasteiger partial charge in [0.1, 0.15) is 6.54 Å². The number of fused-ring (bicyclic) bond motifs is 1. The molecule has 0 aliphatic rings. The Kier molecular flexibility index (Phi) is 6.17. The van der Waals surface area contributed by atoms with E-state index in [-0.39, 0.29) is 23.6 Å². The van der Waals surface area contributed by atoms with Gasteiger partial charge in [0.2, 0.25) is 5.91 Å². The lowest BCUT2D eigenvalue weighted by molar-refractivity contribution is -0.121. The number of unbranched alkanes of at least 4 members (excludes halogenated alkanes) is 1. The summed E-state index contributed by atoms with van der Waals surface area (Å²) in [6.07, 6.45) is 5.86. The quantitative estimate of drug-likeness (QED) is 0.762. The molecule has 0 aliphatic heterocycles. The number of nitrogens with one attached hydrogen (secondary N) is 1. The van der Waals surface area contributed by atoms with E-state index in [0.29, 0.717) is 12.5 Å². The third kappa shape index (κ3) is 4.00. The molecule has 0 spiro atoms. The van der Waals surface area contributed by atoms with Crippen LogP contribution >= 0.6 is 0 Å². The predicted molar refractivity (Wildman–Crippen MR) is 96.5 cm³/mol. The molecule has 0 saturated carbocycles. The van der Waals surface area contributed by atoms with E-state index in [4.69, 9.17) is 0 Å². The van der Waals surface area contributed by atoms with E-state index < -0.39 is 11.2 Å². The summed E-state index contributed by atoms with van der Waals surface area (Å²) in [6.45, 7) is 4.93. The number of aryl methyl sites for hydroxylation is 1. The zero-order valence-electron chi connectivity index (χ0n) is 15.4. The van der Waals surface area contributed by atoms with Crippen LogP contribution in [0.25, 0.3) is 11.2 Å². The fraction of sp³-hybridized carbons (Fsp3) is 0.647. The summed E-state index contributed by atoms with van der Waals surface area (Å²) in [7, 11) is 2.97. The Balaban J connectivity index is 2.14. The molecule has 0 radical (unpaired) electrons. The Hall–Kier alpha value is -2.38. The number of hydrogen-bond acceptors (Lipinski definition) is 4. The average Bonchev–Trinajstić information content (AvgIpc) is 3.02. The molecule has 1 amide bonds. The molecule has 1 atom stereocenters. The molecule has 2 heterocycles. The first kappa shape index (κ1) is 19.0. The van der Waals surface area contributed by atoms with Gasteiger partial charge in [0.05, 0.1) is 6.33 Å². The molecule has 25 heavy (non-hydrogen) atoms. The second-order valence-electron chi connectivity index (χ2n) is 6.47. The van der Waals surface area contributed by atoms with Crippen LogP contribution in [0.4, 0.5) is 0 Å². The third-order valence-corrected chi connectivity index (χ3v) is 4.66. The van der Waals surface area contributed by atoms with Crippen LogP contribution in [-0.2, 0) is 25.4 Å². The van der Waals surface area contributed by atoms with Gasteiger partial charge in [-0.05, 0) is 12.3 Å². The lowest BCUT2D eigenvalue weighted by atomic mass is 9.99. The first-order valence-corrected chi connectivity index (χ1v) is 8.78. The summed E-state index contributed by atoms with van der Waals surface area (Å²) >= 11 is 0. The van der Waals surface area contributed by atoms with E-state index in [0.717, 1.165) is 30.3 Å². The van der Waals surface area contributed by atoms with E-state index in [1.807, 2.05) is 0 Å².